The van der Waals surface area contributed by atoms with Crippen molar-refractivity contribution in [3.8, 4) is 5.69 Å². The fourth-order valence-electron chi connectivity index (χ4n) is 2.77. The molecule has 1 aromatic heterocycles. The highest BCUT2D eigenvalue weighted by molar-refractivity contribution is 6.30. The molecule has 0 amide bonds. The van der Waals surface area contributed by atoms with Crippen LogP contribution in [0.1, 0.15) is 29.8 Å². The number of rotatable bonds is 5. The van der Waals surface area contributed by atoms with Crippen LogP contribution in [0.3, 0.4) is 0 Å². The Hall–Kier alpha value is -2.31. The Morgan fingerprint density at radius 1 is 1.12 bits per heavy atom. The molecule has 0 bridgehead atoms. The minimum atomic E-state index is -0.681. The number of nitrogens with one attached hydrogen (secondary N) is 1. The van der Waals surface area contributed by atoms with Gasteiger partial charge in [-0.1, -0.05) is 17.7 Å². The van der Waals surface area contributed by atoms with E-state index in [1.807, 2.05) is 13.8 Å². The maximum atomic E-state index is 14.0. The first kappa shape index (κ1) is 18.5. The third-order valence-corrected chi connectivity index (χ3v) is 4.56. The van der Waals surface area contributed by atoms with Crippen molar-refractivity contribution in [2.24, 2.45) is 0 Å². The average Bonchev–Trinajstić information content (AvgIpc) is 2.97. The Morgan fingerprint density at radius 3 is 2.58 bits per heavy atom. The fourth-order valence-corrected chi connectivity index (χ4v) is 2.89. The van der Waals surface area contributed by atoms with Crippen molar-refractivity contribution in [3.63, 3.8) is 0 Å². The largest absolute Gasteiger partial charge is 0.306 e. The second-order valence-electron chi connectivity index (χ2n) is 6.04. The zero-order valence-electron chi connectivity index (χ0n) is 14.2. The van der Waals surface area contributed by atoms with Gasteiger partial charge in [0.1, 0.15) is 17.3 Å². The van der Waals surface area contributed by atoms with Crippen LogP contribution in [0.25, 0.3) is 5.69 Å². The molecular formula is C19H17ClF3N3. The molecule has 0 fully saturated rings. The summed E-state index contributed by atoms with van der Waals surface area (Å²) in [6.07, 6.45) is 1.64. The smallest absolute Gasteiger partial charge is 0.151 e. The summed E-state index contributed by atoms with van der Waals surface area (Å²) in [7, 11) is 0. The molecule has 0 saturated heterocycles. The summed E-state index contributed by atoms with van der Waals surface area (Å²) in [6.45, 7) is 4.18. The Balaban J connectivity index is 1.77. The van der Waals surface area contributed by atoms with E-state index in [1.165, 1.54) is 28.9 Å². The third kappa shape index (κ3) is 3.76. The van der Waals surface area contributed by atoms with Crippen molar-refractivity contribution >= 4 is 11.6 Å². The fraction of sp³-hybridized carbons (Fsp3) is 0.211. The van der Waals surface area contributed by atoms with E-state index in [-0.39, 0.29) is 16.8 Å². The van der Waals surface area contributed by atoms with Gasteiger partial charge in [0.2, 0.25) is 0 Å². The molecule has 0 saturated carbocycles. The summed E-state index contributed by atoms with van der Waals surface area (Å²) in [5.41, 5.74) is 2.54. The lowest BCUT2D eigenvalue weighted by Crippen LogP contribution is -2.18. The van der Waals surface area contributed by atoms with Crippen LogP contribution in [0.5, 0.6) is 0 Å². The lowest BCUT2D eigenvalue weighted by atomic mass is 10.1. The van der Waals surface area contributed by atoms with Gasteiger partial charge >= 0.3 is 0 Å². The molecule has 0 aliphatic carbocycles. The Bertz CT molecular complexity index is 940. The Labute approximate surface area is 154 Å². The maximum Gasteiger partial charge on any atom is 0.151 e. The number of halogens is 4. The summed E-state index contributed by atoms with van der Waals surface area (Å²) in [6, 6.07) is 7.90. The number of nitrogens with zero attached hydrogens (tertiary/aromatic N) is 2. The molecule has 1 N–H and O–H groups in total. The third-order valence-electron chi connectivity index (χ3n) is 4.25. The molecule has 1 atom stereocenters. The first-order valence-corrected chi connectivity index (χ1v) is 8.42. The summed E-state index contributed by atoms with van der Waals surface area (Å²) in [5.74, 6) is -1.78. The maximum absolute atomic E-state index is 14.0. The molecule has 7 heteroatoms. The van der Waals surface area contributed by atoms with Gasteiger partial charge in [-0.3, -0.25) is 0 Å². The van der Waals surface area contributed by atoms with Crippen molar-refractivity contribution in [1.82, 2.24) is 15.1 Å². The number of hydrogen-bond donors (Lipinski definition) is 1. The molecule has 26 heavy (non-hydrogen) atoms. The summed E-state index contributed by atoms with van der Waals surface area (Å²) < 4.78 is 42.0. The normalized spacial score (nSPS) is 12.4. The predicted molar refractivity (Wildman–Crippen MR) is 94.9 cm³/mol. The lowest BCUT2D eigenvalue weighted by Gasteiger charge is -2.14. The van der Waals surface area contributed by atoms with Crippen LogP contribution in [-0.2, 0) is 6.54 Å². The summed E-state index contributed by atoms with van der Waals surface area (Å²) in [5, 5.41) is 7.57. The summed E-state index contributed by atoms with van der Waals surface area (Å²) in [4.78, 5) is 0. The number of hydrogen-bond acceptors (Lipinski definition) is 2. The molecular weight excluding hydrogens is 363 g/mol. The van der Waals surface area contributed by atoms with Crippen molar-refractivity contribution in [1.29, 1.82) is 0 Å². The van der Waals surface area contributed by atoms with Gasteiger partial charge in [-0.25, -0.2) is 17.9 Å². The van der Waals surface area contributed by atoms with Crippen LogP contribution in [-0.4, -0.2) is 9.78 Å². The molecule has 0 spiro atoms. The second-order valence-corrected chi connectivity index (χ2v) is 6.45. The van der Waals surface area contributed by atoms with Gasteiger partial charge in [0, 0.05) is 29.9 Å². The van der Waals surface area contributed by atoms with E-state index in [0.29, 0.717) is 6.54 Å². The van der Waals surface area contributed by atoms with Crippen LogP contribution in [0, 0.1) is 24.4 Å². The molecule has 0 radical (unpaired) electrons. The van der Waals surface area contributed by atoms with Crippen molar-refractivity contribution in [2.45, 2.75) is 26.4 Å². The van der Waals surface area contributed by atoms with Crippen LogP contribution in [0.15, 0.2) is 42.6 Å². The van der Waals surface area contributed by atoms with Gasteiger partial charge in [0.15, 0.2) is 5.82 Å². The lowest BCUT2D eigenvalue weighted by molar-refractivity contribution is 0.563. The highest BCUT2D eigenvalue weighted by Crippen LogP contribution is 2.23. The molecule has 0 unspecified atom stereocenters. The first-order valence-electron chi connectivity index (χ1n) is 8.04. The van der Waals surface area contributed by atoms with Crippen molar-refractivity contribution in [2.75, 3.05) is 0 Å². The van der Waals surface area contributed by atoms with E-state index in [2.05, 4.69) is 10.4 Å². The Morgan fingerprint density at radius 2 is 1.88 bits per heavy atom. The van der Waals surface area contributed by atoms with Crippen LogP contribution in [0.4, 0.5) is 13.2 Å². The molecule has 3 rings (SSSR count). The minimum Gasteiger partial charge on any atom is -0.306 e. The van der Waals surface area contributed by atoms with Crippen LogP contribution >= 0.6 is 11.6 Å². The van der Waals surface area contributed by atoms with Gasteiger partial charge < -0.3 is 5.32 Å². The second kappa shape index (κ2) is 7.51. The van der Waals surface area contributed by atoms with E-state index in [4.69, 9.17) is 11.6 Å². The molecule has 136 valence electrons. The number of aromatic nitrogens is 2. The van der Waals surface area contributed by atoms with Crippen molar-refractivity contribution < 1.29 is 13.2 Å². The van der Waals surface area contributed by atoms with E-state index in [9.17, 15) is 13.2 Å². The molecule has 0 aliphatic heterocycles. The van der Waals surface area contributed by atoms with Crippen LogP contribution in [0.2, 0.25) is 5.02 Å². The van der Waals surface area contributed by atoms with Gasteiger partial charge in [-0.2, -0.15) is 5.10 Å². The van der Waals surface area contributed by atoms with Gasteiger partial charge in [0.25, 0.3) is 0 Å². The van der Waals surface area contributed by atoms with Gasteiger partial charge in [-0.05, 0) is 43.7 Å². The summed E-state index contributed by atoms with van der Waals surface area (Å²) >= 11 is 5.68. The predicted octanol–water partition coefficient (Wildman–Crippen LogP) is 5.10. The van der Waals surface area contributed by atoms with Gasteiger partial charge in [-0.15, -0.1) is 0 Å². The molecule has 2 aromatic carbocycles. The highest BCUT2D eigenvalue weighted by Gasteiger charge is 2.16. The highest BCUT2D eigenvalue weighted by atomic mass is 35.5. The number of benzene rings is 2. The van der Waals surface area contributed by atoms with Crippen molar-refractivity contribution in [3.05, 3.63) is 81.9 Å². The zero-order valence-corrected chi connectivity index (χ0v) is 15.0. The quantitative estimate of drug-likeness (QED) is 0.668. The van der Waals surface area contributed by atoms with E-state index in [0.717, 1.165) is 22.9 Å². The molecule has 0 aliphatic rings. The van der Waals surface area contributed by atoms with E-state index >= 15 is 0 Å². The molecule has 3 nitrogen and oxygen atoms in total. The van der Waals surface area contributed by atoms with E-state index in [1.54, 1.807) is 12.3 Å². The first-order chi connectivity index (χ1) is 12.4. The Kier molecular flexibility index (Phi) is 5.34. The standard InChI is InChI=1S/C19H17ClF3N3/c1-11(24-9-13-3-5-16(20)17(22)7-13)15-10-25-26(12(15)2)19-6-4-14(21)8-18(19)23/h3-8,10-11,24H,9H2,1-2H3/t11-/m0/s1. The average molecular weight is 380 g/mol. The minimum absolute atomic E-state index is 0.0836. The molecule has 1 heterocycles. The SMILES string of the molecule is Cc1c([C@H](C)NCc2ccc(Cl)c(F)c2)cnn1-c1ccc(F)cc1F. The van der Waals surface area contributed by atoms with Crippen LogP contribution < -0.4 is 5.32 Å². The topological polar surface area (TPSA) is 29.9 Å². The molecule has 3 aromatic rings. The van der Waals surface area contributed by atoms with E-state index < -0.39 is 17.5 Å². The zero-order chi connectivity index (χ0) is 18.8. The monoisotopic (exact) mass is 379 g/mol. The van der Waals surface area contributed by atoms with Gasteiger partial charge in [0.05, 0.1) is 11.2 Å².